The van der Waals surface area contributed by atoms with E-state index in [0.717, 1.165) is 6.42 Å². The van der Waals surface area contributed by atoms with Crippen LogP contribution >= 0.6 is 23.2 Å². The zero-order valence-electron chi connectivity index (χ0n) is 10.7. The van der Waals surface area contributed by atoms with Gasteiger partial charge in [-0.2, -0.15) is 0 Å². The van der Waals surface area contributed by atoms with Crippen molar-refractivity contribution < 1.29 is 14.6 Å². The van der Waals surface area contributed by atoms with Gasteiger partial charge < -0.3 is 15.2 Å². The summed E-state index contributed by atoms with van der Waals surface area (Å²) in [6.45, 7) is 1.89. The van der Waals surface area contributed by atoms with Gasteiger partial charge in [-0.3, -0.25) is 4.79 Å². The molecule has 1 amide bonds. The van der Waals surface area contributed by atoms with Gasteiger partial charge in [0, 0.05) is 17.7 Å². The van der Waals surface area contributed by atoms with Gasteiger partial charge in [0.05, 0.1) is 5.02 Å². The van der Waals surface area contributed by atoms with Gasteiger partial charge >= 0.3 is 0 Å². The molecule has 19 heavy (non-hydrogen) atoms. The van der Waals surface area contributed by atoms with E-state index < -0.39 is 0 Å². The van der Waals surface area contributed by atoms with Crippen LogP contribution in [0.5, 0.6) is 5.75 Å². The van der Waals surface area contributed by atoms with Crippen LogP contribution in [0.3, 0.4) is 0 Å². The van der Waals surface area contributed by atoms with Gasteiger partial charge in [-0.25, -0.2) is 0 Å². The van der Waals surface area contributed by atoms with Crippen molar-refractivity contribution in [3.63, 3.8) is 0 Å². The number of aliphatic hydroxyl groups excluding tert-OH is 1. The Morgan fingerprint density at radius 2 is 2.21 bits per heavy atom. The van der Waals surface area contributed by atoms with Gasteiger partial charge in [0.1, 0.15) is 5.75 Å². The number of halogens is 2. The number of carbonyl (C=O) groups is 1. The normalized spacial score (nSPS) is 12.0. The van der Waals surface area contributed by atoms with Crippen molar-refractivity contribution >= 4 is 29.1 Å². The number of nitrogens with one attached hydrogen (secondary N) is 1. The van der Waals surface area contributed by atoms with Crippen LogP contribution in [-0.2, 0) is 4.79 Å². The lowest BCUT2D eigenvalue weighted by atomic mass is 10.2. The second-order valence-electron chi connectivity index (χ2n) is 4.20. The van der Waals surface area contributed by atoms with Gasteiger partial charge in [-0.05, 0) is 38.0 Å². The third-order valence-electron chi connectivity index (χ3n) is 2.46. The average Bonchev–Trinajstić information content (AvgIpc) is 2.35. The number of rotatable bonds is 7. The molecular weight excluding hydrogens is 289 g/mol. The molecule has 0 aliphatic rings. The van der Waals surface area contributed by atoms with Gasteiger partial charge in [0.25, 0.3) is 5.91 Å². The van der Waals surface area contributed by atoms with Crippen LogP contribution < -0.4 is 10.1 Å². The Morgan fingerprint density at radius 1 is 1.47 bits per heavy atom. The zero-order chi connectivity index (χ0) is 14.3. The SMILES string of the molecule is CC(CCCO)NC(=O)COc1ccc(Cl)cc1Cl. The first kappa shape index (κ1) is 16.1. The molecule has 2 N–H and O–H groups in total. The maximum atomic E-state index is 11.6. The Bertz CT molecular complexity index is 426. The first-order valence-corrected chi connectivity index (χ1v) is 6.76. The van der Waals surface area contributed by atoms with Crippen LogP contribution in [0.2, 0.25) is 10.0 Å². The Labute approximate surface area is 122 Å². The van der Waals surface area contributed by atoms with Crippen molar-refractivity contribution in [3.8, 4) is 5.75 Å². The molecule has 1 aromatic carbocycles. The number of carbonyl (C=O) groups excluding carboxylic acids is 1. The van der Waals surface area contributed by atoms with Crippen molar-refractivity contribution in [3.05, 3.63) is 28.2 Å². The Hall–Kier alpha value is -0.970. The summed E-state index contributed by atoms with van der Waals surface area (Å²) >= 11 is 11.7. The molecule has 0 bridgehead atoms. The molecule has 4 nitrogen and oxygen atoms in total. The summed E-state index contributed by atoms with van der Waals surface area (Å²) in [4.78, 5) is 11.6. The van der Waals surface area contributed by atoms with Gasteiger partial charge in [0.2, 0.25) is 0 Å². The second-order valence-corrected chi connectivity index (χ2v) is 5.04. The van der Waals surface area contributed by atoms with Crippen molar-refractivity contribution in [2.45, 2.75) is 25.8 Å². The molecule has 1 unspecified atom stereocenters. The van der Waals surface area contributed by atoms with Gasteiger partial charge in [-0.1, -0.05) is 23.2 Å². The van der Waals surface area contributed by atoms with E-state index in [4.69, 9.17) is 33.0 Å². The number of benzene rings is 1. The fraction of sp³-hybridized carbons (Fsp3) is 0.462. The van der Waals surface area contributed by atoms with Crippen molar-refractivity contribution in [1.29, 1.82) is 0 Å². The molecule has 106 valence electrons. The summed E-state index contributed by atoms with van der Waals surface area (Å²) < 4.78 is 5.31. The molecule has 0 saturated heterocycles. The highest BCUT2D eigenvalue weighted by atomic mass is 35.5. The molecular formula is C13H17Cl2NO3. The minimum atomic E-state index is -0.226. The zero-order valence-corrected chi connectivity index (χ0v) is 12.2. The third kappa shape index (κ3) is 6.14. The molecule has 1 rings (SSSR count). The Morgan fingerprint density at radius 3 is 2.84 bits per heavy atom. The van der Waals surface area contributed by atoms with E-state index >= 15 is 0 Å². The fourth-order valence-electron chi connectivity index (χ4n) is 1.52. The highest BCUT2D eigenvalue weighted by Gasteiger charge is 2.09. The number of amides is 1. The monoisotopic (exact) mass is 305 g/mol. The largest absolute Gasteiger partial charge is 0.482 e. The first-order valence-electron chi connectivity index (χ1n) is 6.01. The molecule has 0 aromatic heterocycles. The number of ether oxygens (including phenoxy) is 1. The minimum absolute atomic E-state index is 0.00365. The maximum absolute atomic E-state index is 11.6. The molecule has 0 aliphatic carbocycles. The van der Waals surface area contributed by atoms with Crippen molar-refractivity contribution in [2.24, 2.45) is 0 Å². The maximum Gasteiger partial charge on any atom is 0.258 e. The summed E-state index contributed by atoms with van der Waals surface area (Å²) in [5.41, 5.74) is 0. The quantitative estimate of drug-likeness (QED) is 0.814. The van der Waals surface area contributed by atoms with Crippen LogP contribution in [0.1, 0.15) is 19.8 Å². The molecule has 1 aromatic rings. The van der Waals surface area contributed by atoms with E-state index in [1.165, 1.54) is 0 Å². The van der Waals surface area contributed by atoms with Crippen LogP contribution in [-0.4, -0.2) is 30.3 Å². The van der Waals surface area contributed by atoms with Crippen LogP contribution in [0.4, 0.5) is 0 Å². The lowest BCUT2D eigenvalue weighted by Gasteiger charge is -2.14. The highest BCUT2D eigenvalue weighted by Crippen LogP contribution is 2.27. The average molecular weight is 306 g/mol. The number of aliphatic hydroxyl groups is 1. The van der Waals surface area contributed by atoms with E-state index in [1.54, 1.807) is 18.2 Å². The van der Waals surface area contributed by atoms with Crippen LogP contribution in [0, 0.1) is 0 Å². The third-order valence-corrected chi connectivity index (χ3v) is 2.99. The number of hydrogen-bond acceptors (Lipinski definition) is 3. The number of hydrogen-bond donors (Lipinski definition) is 2. The summed E-state index contributed by atoms with van der Waals surface area (Å²) in [5, 5.41) is 12.3. The molecule has 0 saturated carbocycles. The predicted octanol–water partition coefficient (Wildman–Crippen LogP) is 2.65. The lowest BCUT2D eigenvalue weighted by Crippen LogP contribution is -2.36. The topological polar surface area (TPSA) is 58.6 Å². The van der Waals surface area contributed by atoms with E-state index in [0.29, 0.717) is 22.2 Å². The first-order chi connectivity index (χ1) is 9.02. The van der Waals surface area contributed by atoms with Crippen LogP contribution in [0.25, 0.3) is 0 Å². The van der Waals surface area contributed by atoms with Gasteiger partial charge in [-0.15, -0.1) is 0 Å². The molecule has 1 atom stereocenters. The molecule has 0 spiro atoms. The summed E-state index contributed by atoms with van der Waals surface area (Å²) in [6.07, 6.45) is 1.38. The standard InChI is InChI=1S/C13H17Cl2NO3/c1-9(3-2-6-17)16-13(18)8-19-12-5-4-10(14)7-11(12)15/h4-5,7,9,17H,2-3,6,8H2,1H3,(H,16,18). The van der Waals surface area contributed by atoms with Crippen LogP contribution in [0.15, 0.2) is 18.2 Å². The fourth-order valence-corrected chi connectivity index (χ4v) is 1.98. The van der Waals surface area contributed by atoms with Gasteiger partial charge in [0.15, 0.2) is 6.61 Å². The molecule has 0 heterocycles. The van der Waals surface area contributed by atoms with E-state index in [9.17, 15) is 4.79 Å². The smallest absolute Gasteiger partial charge is 0.258 e. The van der Waals surface area contributed by atoms with Crippen molar-refractivity contribution in [1.82, 2.24) is 5.32 Å². The molecule has 0 aliphatic heterocycles. The molecule has 6 heteroatoms. The predicted molar refractivity (Wildman–Crippen MR) is 75.9 cm³/mol. The van der Waals surface area contributed by atoms with E-state index in [-0.39, 0.29) is 25.2 Å². The second kappa shape index (κ2) is 8.25. The molecule has 0 fully saturated rings. The summed E-state index contributed by atoms with van der Waals surface area (Å²) in [7, 11) is 0. The lowest BCUT2D eigenvalue weighted by molar-refractivity contribution is -0.123. The van der Waals surface area contributed by atoms with E-state index in [1.807, 2.05) is 6.92 Å². The summed E-state index contributed by atoms with van der Waals surface area (Å²) in [6, 6.07) is 4.82. The van der Waals surface area contributed by atoms with E-state index in [2.05, 4.69) is 5.32 Å². The van der Waals surface area contributed by atoms with Crippen molar-refractivity contribution in [2.75, 3.05) is 13.2 Å². The Kier molecular flexibility index (Phi) is 6.99. The Balaban J connectivity index is 2.37. The summed E-state index contributed by atoms with van der Waals surface area (Å²) in [5.74, 6) is 0.195. The minimum Gasteiger partial charge on any atom is -0.482 e. The molecule has 0 radical (unpaired) electrons. The highest BCUT2D eigenvalue weighted by molar-refractivity contribution is 6.35.